The maximum absolute atomic E-state index is 13.1. The van der Waals surface area contributed by atoms with Crippen LogP contribution in [0.4, 0.5) is 5.69 Å². The molecule has 1 amide bonds. The van der Waals surface area contributed by atoms with Crippen LogP contribution in [-0.2, 0) is 0 Å². The predicted molar refractivity (Wildman–Crippen MR) is 111 cm³/mol. The van der Waals surface area contributed by atoms with Gasteiger partial charge in [0.2, 0.25) is 0 Å². The molecule has 0 unspecified atom stereocenters. The van der Waals surface area contributed by atoms with E-state index < -0.39 is 0 Å². The summed E-state index contributed by atoms with van der Waals surface area (Å²) in [5.74, 6) is 0.0542. The SMILES string of the molecule is N=Cc1ccc(C(=O)N2CCN(c3ccc(Cl)cc3)CC2)c2ccccc12. The number of rotatable bonds is 3. The van der Waals surface area contributed by atoms with Crippen molar-refractivity contribution in [2.45, 2.75) is 0 Å². The van der Waals surface area contributed by atoms with E-state index in [1.54, 1.807) is 0 Å². The van der Waals surface area contributed by atoms with E-state index in [1.807, 2.05) is 65.6 Å². The first kappa shape index (κ1) is 17.6. The van der Waals surface area contributed by atoms with E-state index >= 15 is 0 Å². The maximum atomic E-state index is 13.1. The molecule has 3 aromatic carbocycles. The Hall–Kier alpha value is -2.85. The minimum absolute atomic E-state index is 0.0542. The smallest absolute Gasteiger partial charge is 0.254 e. The Kier molecular flexibility index (Phi) is 4.82. The third-order valence-electron chi connectivity index (χ3n) is 5.10. The molecule has 1 saturated heterocycles. The summed E-state index contributed by atoms with van der Waals surface area (Å²) in [6.45, 7) is 2.96. The zero-order valence-corrected chi connectivity index (χ0v) is 15.6. The van der Waals surface area contributed by atoms with Gasteiger partial charge in [-0.2, -0.15) is 0 Å². The van der Waals surface area contributed by atoms with Gasteiger partial charge < -0.3 is 15.2 Å². The largest absolute Gasteiger partial charge is 0.368 e. The third-order valence-corrected chi connectivity index (χ3v) is 5.35. The van der Waals surface area contributed by atoms with E-state index in [0.717, 1.165) is 40.1 Å². The fourth-order valence-corrected chi connectivity index (χ4v) is 3.75. The number of nitrogens with one attached hydrogen (secondary N) is 1. The van der Waals surface area contributed by atoms with Crippen molar-refractivity contribution in [1.82, 2.24) is 4.90 Å². The normalized spacial score (nSPS) is 14.4. The lowest BCUT2D eigenvalue weighted by Gasteiger charge is -2.36. The number of anilines is 1. The number of fused-ring (bicyclic) bond motifs is 1. The first-order valence-corrected chi connectivity index (χ1v) is 9.37. The number of benzene rings is 3. The highest BCUT2D eigenvalue weighted by molar-refractivity contribution is 6.30. The van der Waals surface area contributed by atoms with Crippen molar-refractivity contribution in [3.63, 3.8) is 0 Å². The monoisotopic (exact) mass is 377 g/mol. The second kappa shape index (κ2) is 7.41. The van der Waals surface area contributed by atoms with Crippen LogP contribution < -0.4 is 4.90 Å². The summed E-state index contributed by atoms with van der Waals surface area (Å²) in [4.78, 5) is 17.3. The van der Waals surface area contributed by atoms with Crippen LogP contribution in [0.1, 0.15) is 15.9 Å². The molecule has 0 saturated carbocycles. The number of piperazine rings is 1. The first-order chi connectivity index (χ1) is 13.2. The molecule has 3 aromatic rings. The summed E-state index contributed by atoms with van der Waals surface area (Å²) in [6, 6.07) is 19.3. The molecule has 1 heterocycles. The van der Waals surface area contributed by atoms with E-state index in [-0.39, 0.29) is 5.91 Å². The molecule has 0 aliphatic carbocycles. The molecule has 1 aliphatic rings. The number of hydrogen-bond acceptors (Lipinski definition) is 3. The minimum atomic E-state index is 0.0542. The Bertz CT molecular complexity index is 992. The average Bonchev–Trinajstić information content (AvgIpc) is 2.73. The Balaban J connectivity index is 1.54. The molecule has 0 spiro atoms. The van der Waals surface area contributed by atoms with Gasteiger partial charge in [-0.25, -0.2) is 0 Å². The van der Waals surface area contributed by atoms with Gasteiger partial charge in [0.1, 0.15) is 0 Å². The Morgan fingerprint density at radius 2 is 1.56 bits per heavy atom. The van der Waals surface area contributed by atoms with Crippen LogP contribution in [0.15, 0.2) is 60.7 Å². The molecule has 0 aromatic heterocycles. The van der Waals surface area contributed by atoms with Crippen molar-refractivity contribution in [2.75, 3.05) is 31.1 Å². The van der Waals surface area contributed by atoms with Gasteiger partial charge in [-0.1, -0.05) is 41.9 Å². The molecule has 4 nitrogen and oxygen atoms in total. The maximum Gasteiger partial charge on any atom is 0.254 e. The summed E-state index contributed by atoms with van der Waals surface area (Å²) >= 11 is 5.97. The van der Waals surface area contributed by atoms with Gasteiger partial charge in [0.25, 0.3) is 5.91 Å². The van der Waals surface area contributed by atoms with E-state index in [9.17, 15) is 4.79 Å². The molecular weight excluding hydrogens is 358 g/mol. The highest BCUT2D eigenvalue weighted by atomic mass is 35.5. The highest BCUT2D eigenvalue weighted by Gasteiger charge is 2.23. The Labute approximate surface area is 163 Å². The molecule has 0 bridgehead atoms. The van der Waals surface area contributed by atoms with E-state index in [0.29, 0.717) is 18.7 Å². The lowest BCUT2D eigenvalue weighted by Crippen LogP contribution is -2.48. The molecule has 0 radical (unpaired) electrons. The van der Waals surface area contributed by atoms with Gasteiger partial charge >= 0.3 is 0 Å². The standard InChI is InChI=1S/C22H20ClN3O/c23-17-6-8-18(9-7-17)25-11-13-26(14-12-25)22(27)21-10-5-16(15-24)19-3-1-2-4-20(19)21/h1-10,15,24H,11-14H2. The second-order valence-electron chi connectivity index (χ2n) is 6.65. The fraction of sp³-hybridized carbons (Fsp3) is 0.182. The summed E-state index contributed by atoms with van der Waals surface area (Å²) in [5, 5.41) is 10.2. The molecule has 4 rings (SSSR count). The minimum Gasteiger partial charge on any atom is -0.368 e. The van der Waals surface area contributed by atoms with Gasteiger partial charge in [0, 0.05) is 48.7 Å². The molecule has 1 fully saturated rings. The quantitative estimate of drug-likeness (QED) is 0.685. The summed E-state index contributed by atoms with van der Waals surface area (Å²) in [6.07, 6.45) is 1.33. The molecule has 136 valence electrons. The first-order valence-electron chi connectivity index (χ1n) is 8.99. The number of halogens is 1. The second-order valence-corrected chi connectivity index (χ2v) is 7.08. The Morgan fingerprint density at radius 1 is 0.889 bits per heavy atom. The van der Waals surface area contributed by atoms with Crippen LogP contribution in [0.3, 0.4) is 0 Å². The van der Waals surface area contributed by atoms with E-state index in [4.69, 9.17) is 17.0 Å². The van der Waals surface area contributed by atoms with Crippen LogP contribution in [-0.4, -0.2) is 43.2 Å². The predicted octanol–water partition coefficient (Wildman–Crippen LogP) is 4.45. The molecule has 5 heteroatoms. The van der Waals surface area contributed by atoms with Crippen molar-refractivity contribution in [2.24, 2.45) is 0 Å². The summed E-state index contributed by atoms with van der Waals surface area (Å²) in [5.41, 5.74) is 2.66. The number of amides is 1. The fourth-order valence-electron chi connectivity index (χ4n) is 3.62. The topological polar surface area (TPSA) is 47.4 Å². The molecule has 27 heavy (non-hydrogen) atoms. The van der Waals surface area contributed by atoms with Crippen LogP contribution in [0.2, 0.25) is 5.02 Å². The zero-order chi connectivity index (χ0) is 18.8. The van der Waals surface area contributed by atoms with Gasteiger partial charge in [0.15, 0.2) is 0 Å². The van der Waals surface area contributed by atoms with Crippen LogP contribution in [0, 0.1) is 5.41 Å². The summed E-state index contributed by atoms with van der Waals surface area (Å²) in [7, 11) is 0. The van der Waals surface area contributed by atoms with Crippen molar-refractivity contribution in [3.8, 4) is 0 Å². The van der Waals surface area contributed by atoms with Crippen LogP contribution in [0.5, 0.6) is 0 Å². The average molecular weight is 378 g/mol. The lowest BCUT2D eigenvalue weighted by molar-refractivity contribution is 0.0749. The van der Waals surface area contributed by atoms with Crippen LogP contribution in [0.25, 0.3) is 10.8 Å². The number of carbonyl (C=O) groups excluding carboxylic acids is 1. The molecule has 0 atom stereocenters. The van der Waals surface area contributed by atoms with Gasteiger partial charge in [0.05, 0.1) is 0 Å². The van der Waals surface area contributed by atoms with Crippen molar-refractivity contribution in [3.05, 3.63) is 76.8 Å². The lowest BCUT2D eigenvalue weighted by atomic mass is 9.99. The van der Waals surface area contributed by atoms with E-state index in [1.165, 1.54) is 6.21 Å². The van der Waals surface area contributed by atoms with Gasteiger partial charge in [-0.15, -0.1) is 0 Å². The third kappa shape index (κ3) is 3.40. The summed E-state index contributed by atoms with van der Waals surface area (Å²) < 4.78 is 0. The van der Waals surface area contributed by atoms with E-state index in [2.05, 4.69) is 4.90 Å². The number of hydrogen-bond donors (Lipinski definition) is 1. The zero-order valence-electron chi connectivity index (χ0n) is 14.9. The van der Waals surface area contributed by atoms with Gasteiger partial charge in [-0.05, 0) is 46.7 Å². The van der Waals surface area contributed by atoms with Crippen molar-refractivity contribution in [1.29, 1.82) is 5.41 Å². The Morgan fingerprint density at radius 3 is 2.22 bits per heavy atom. The number of carbonyl (C=O) groups is 1. The molecular formula is C22H20ClN3O. The van der Waals surface area contributed by atoms with Crippen LogP contribution >= 0.6 is 11.6 Å². The molecule has 1 aliphatic heterocycles. The highest BCUT2D eigenvalue weighted by Crippen LogP contribution is 2.25. The number of nitrogens with zero attached hydrogens (tertiary/aromatic N) is 2. The van der Waals surface area contributed by atoms with Crippen molar-refractivity contribution < 1.29 is 4.79 Å². The van der Waals surface area contributed by atoms with Gasteiger partial charge in [-0.3, -0.25) is 4.79 Å². The molecule has 1 N–H and O–H groups in total. The van der Waals surface area contributed by atoms with Crippen molar-refractivity contribution >= 4 is 40.2 Å².